The maximum Gasteiger partial charge on any atom is 0.0858 e. The SMILES string of the molecule is CCSC1C#CC=CNC1C. The highest BCUT2D eigenvalue weighted by Gasteiger charge is 2.13. The second kappa shape index (κ2) is 4.35. The summed E-state index contributed by atoms with van der Waals surface area (Å²) in [7, 11) is 0. The Kier molecular flexibility index (Phi) is 3.38. The van der Waals surface area contributed by atoms with Crippen molar-refractivity contribution < 1.29 is 0 Å². The summed E-state index contributed by atoms with van der Waals surface area (Å²) < 4.78 is 0. The first-order valence-corrected chi connectivity index (χ1v) is 4.93. The highest BCUT2D eigenvalue weighted by Crippen LogP contribution is 2.14. The van der Waals surface area contributed by atoms with Crippen LogP contribution in [0, 0.1) is 11.8 Å². The topological polar surface area (TPSA) is 12.0 Å². The Morgan fingerprint density at radius 2 is 2.45 bits per heavy atom. The lowest BCUT2D eigenvalue weighted by Crippen LogP contribution is -2.30. The molecule has 0 fully saturated rings. The van der Waals surface area contributed by atoms with Gasteiger partial charge in [0.25, 0.3) is 0 Å². The molecule has 1 aliphatic heterocycles. The molecule has 2 atom stereocenters. The van der Waals surface area contributed by atoms with Crippen LogP contribution < -0.4 is 5.32 Å². The normalized spacial score (nSPS) is 28.2. The summed E-state index contributed by atoms with van der Waals surface area (Å²) in [6.07, 6.45) is 3.79. The first kappa shape index (κ1) is 8.55. The van der Waals surface area contributed by atoms with Crippen LogP contribution in [0.4, 0.5) is 0 Å². The zero-order valence-corrected chi connectivity index (χ0v) is 7.74. The van der Waals surface area contributed by atoms with Gasteiger partial charge < -0.3 is 5.32 Å². The summed E-state index contributed by atoms with van der Waals surface area (Å²) in [5, 5.41) is 3.69. The molecular weight excluding hydrogens is 154 g/mol. The molecule has 1 N–H and O–H groups in total. The summed E-state index contributed by atoms with van der Waals surface area (Å²) in [5.41, 5.74) is 0. The maximum absolute atomic E-state index is 3.25. The van der Waals surface area contributed by atoms with E-state index in [0.717, 1.165) is 5.75 Å². The molecule has 0 aromatic rings. The van der Waals surface area contributed by atoms with Gasteiger partial charge in [0.2, 0.25) is 0 Å². The van der Waals surface area contributed by atoms with Gasteiger partial charge in [-0.05, 0) is 12.7 Å². The van der Waals surface area contributed by atoms with Crippen LogP contribution in [0.25, 0.3) is 0 Å². The van der Waals surface area contributed by atoms with Crippen LogP contribution in [0.1, 0.15) is 13.8 Å². The lowest BCUT2D eigenvalue weighted by molar-refractivity contribution is 0.671. The van der Waals surface area contributed by atoms with Gasteiger partial charge in [-0.15, -0.1) is 11.8 Å². The predicted molar refractivity (Wildman–Crippen MR) is 51.4 cm³/mol. The minimum Gasteiger partial charge on any atom is -0.386 e. The molecule has 60 valence electrons. The van der Waals surface area contributed by atoms with Crippen molar-refractivity contribution in [2.24, 2.45) is 0 Å². The molecule has 2 unspecified atom stereocenters. The maximum atomic E-state index is 3.25. The quantitative estimate of drug-likeness (QED) is 0.627. The number of thioether (sulfide) groups is 1. The van der Waals surface area contributed by atoms with Gasteiger partial charge in [-0.3, -0.25) is 0 Å². The molecule has 2 heteroatoms. The molecule has 1 nitrogen and oxygen atoms in total. The molecule has 0 radical (unpaired) electrons. The largest absolute Gasteiger partial charge is 0.386 e. The summed E-state index contributed by atoms with van der Waals surface area (Å²) in [6, 6.07) is 0.464. The van der Waals surface area contributed by atoms with Crippen LogP contribution in [0.5, 0.6) is 0 Å². The van der Waals surface area contributed by atoms with E-state index in [9.17, 15) is 0 Å². The second-order valence-electron chi connectivity index (χ2n) is 2.45. The van der Waals surface area contributed by atoms with Crippen molar-refractivity contribution in [1.82, 2.24) is 5.32 Å². The summed E-state index contributed by atoms with van der Waals surface area (Å²) >= 11 is 1.90. The average Bonchev–Trinajstić information content (AvgIpc) is 2.18. The molecule has 0 aliphatic carbocycles. The number of hydrogen-bond acceptors (Lipinski definition) is 2. The molecule has 11 heavy (non-hydrogen) atoms. The molecular formula is C9H13NS. The van der Waals surface area contributed by atoms with Gasteiger partial charge in [0.1, 0.15) is 0 Å². The molecule has 0 amide bonds. The van der Waals surface area contributed by atoms with Gasteiger partial charge in [0.15, 0.2) is 0 Å². The Balaban J connectivity index is 2.55. The summed E-state index contributed by atoms with van der Waals surface area (Å²) in [6.45, 7) is 4.33. The van der Waals surface area contributed by atoms with E-state index in [1.807, 2.05) is 24.0 Å². The highest BCUT2D eigenvalue weighted by atomic mass is 32.2. The number of hydrogen-bond donors (Lipinski definition) is 1. The molecule has 0 aromatic heterocycles. The van der Waals surface area contributed by atoms with Crippen molar-refractivity contribution in [3.8, 4) is 11.8 Å². The fourth-order valence-corrected chi connectivity index (χ4v) is 1.83. The van der Waals surface area contributed by atoms with Gasteiger partial charge in [-0.25, -0.2) is 0 Å². The zero-order valence-electron chi connectivity index (χ0n) is 6.92. The minimum atomic E-state index is 0.440. The van der Waals surface area contributed by atoms with Gasteiger partial charge in [0.05, 0.1) is 5.25 Å². The first-order valence-electron chi connectivity index (χ1n) is 3.88. The number of rotatable bonds is 2. The van der Waals surface area contributed by atoms with E-state index in [0.29, 0.717) is 11.3 Å². The Morgan fingerprint density at radius 1 is 1.64 bits per heavy atom. The van der Waals surface area contributed by atoms with E-state index in [1.54, 1.807) is 0 Å². The van der Waals surface area contributed by atoms with E-state index in [-0.39, 0.29) is 0 Å². The lowest BCUT2D eigenvalue weighted by atomic mass is 10.2. The molecule has 0 spiro atoms. The summed E-state index contributed by atoms with van der Waals surface area (Å²) in [4.78, 5) is 0. The molecule has 1 aliphatic rings. The van der Waals surface area contributed by atoms with Gasteiger partial charge in [-0.2, -0.15) is 0 Å². The monoisotopic (exact) mass is 167 g/mol. The standard InChI is InChI=1S/C9H13NS/c1-3-11-9-6-4-5-7-10-8(9)2/h5,7-10H,3H2,1-2H3. The van der Waals surface area contributed by atoms with E-state index >= 15 is 0 Å². The Hall–Kier alpha value is -0.550. The minimum absolute atomic E-state index is 0.440. The number of nitrogens with one attached hydrogen (secondary N) is 1. The van der Waals surface area contributed by atoms with E-state index < -0.39 is 0 Å². The smallest absolute Gasteiger partial charge is 0.0858 e. The van der Waals surface area contributed by atoms with Gasteiger partial charge in [0, 0.05) is 18.3 Å². The van der Waals surface area contributed by atoms with Gasteiger partial charge in [-0.1, -0.05) is 18.8 Å². The van der Waals surface area contributed by atoms with E-state index in [1.165, 1.54) is 0 Å². The molecule has 0 saturated carbocycles. The van der Waals surface area contributed by atoms with Crippen molar-refractivity contribution in [3.05, 3.63) is 12.3 Å². The highest BCUT2D eigenvalue weighted by molar-refractivity contribution is 8.00. The third kappa shape index (κ3) is 2.51. The zero-order chi connectivity index (χ0) is 8.10. The Bertz CT molecular complexity index is 199. The molecule has 0 aromatic carbocycles. The molecule has 0 bridgehead atoms. The van der Waals surface area contributed by atoms with E-state index in [2.05, 4.69) is 31.0 Å². The van der Waals surface area contributed by atoms with Gasteiger partial charge >= 0.3 is 0 Å². The van der Waals surface area contributed by atoms with Crippen molar-refractivity contribution in [3.63, 3.8) is 0 Å². The molecule has 1 rings (SSSR count). The van der Waals surface area contributed by atoms with Crippen LogP contribution in [0.15, 0.2) is 12.3 Å². The van der Waals surface area contributed by atoms with Crippen molar-refractivity contribution in [2.45, 2.75) is 25.1 Å². The Morgan fingerprint density at radius 3 is 3.18 bits per heavy atom. The first-order chi connectivity index (χ1) is 5.34. The third-order valence-corrected chi connectivity index (χ3v) is 2.77. The molecule has 0 saturated heterocycles. The van der Waals surface area contributed by atoms with E-state index in [4.69, 9.17) is 0 Å². The third-order valence-electron chi connectivity index (χ3n) is 1.55. The van der Waals surface area contributed by atoms with Crippen molar-refractivity contribution >= 4 is 11.8 Å². The lowest BCUT2D eigenvalue weighted by Gasteiger charge is -2.16. The van der Waals surface area contributed by atoms with Crippen LogP contribution in [0.2, 0.25) is 0 Å². The Labute approximate surface area is 72.6 Å². The fraction of sp³-hybridized carbons (Fsp3) is 0.556. The predicted octanol–water partition coefficient (Wildman–Crippen LogP) is 1.62. The fourth-order valence-electron chi connectivity index (χ4n) is 0.950. The number of allylic oxidation sites excluding steroid dienone is 1. The van der Waals surface area contributed by atoms with Crippen LogP contribution in [-0.2, 0) is 0 Å². The van der Waals surface area contributed by atoms with Crippen molar-refractivity contribution in [1.29, 1.82) is 0 Å². The summed E-state index contributed by atoms with van der Waals surface area (Å²) in [5.74, 6) is 7.32. The van der Waals surface area contributed by atoms with Crippen LogP contribution in [-0.4, -0.2) is 17.0 Å². The average molecular weight is 167 g/mol. The second-order valence-corrected chi connectivity index (χ2v) is 3.87. The van der Waals surface area contributed by atoms with Crippen LogP contribution in [0.3, 0.4) is 0 Å². The molecule has 1 heterocycles. The van der Waals surface area contributed by atoms with Crippen LogP contribution >= 0.6 is 11.8 Å². The van der Waals surface area contributed by atoms with Crippen molar-refractivity contribution in [2.75, 3.05) is 5.75 Å².